The monoisotopic (exact) mass is 236 g/mol. The van der Waals surface area contributed by atoms with E-state index in [1.165, 1.54) is 0 Å². The molecule has 0 heterocycles. The van der Waals surface area contributed by atoms with Crippen molar-refractivity contribution in [3.8, 4) is 12.3 Å². The number of hydrogen-bond donors (Lipinski definition) is 1. The van der Waals surface area contributed by atoms with Crippen LogP contribution in [-0.2, 0) is 6.54 Å². The highest BCUT2D eigenvalue weighted by molar-refractivity contribution is 6.33. The van der Waals surface area contributed by atoms with Gasteiger partial charge in [0, 0.05) is 6.54 Å². The van der Waals surface area contributed by atoms with E-state index in [9.17, 15) is 0 Å². The first-order valence-corrected chi connectivity index (χ1v) is 5.75. The number of benzene rings is 1. The van der Waals surface area contributed by atoms with Gasteiger partial charge in [-0.25, -0.2) is 0 Å². The summed E-state index contributed by atoms with van der Waals surface area (Å²) in [6.45, 7) is 4.61. The SMILES string of the molecule is C#CCN(CCC)Cc1ccc(Cl)c(N)c1. The lowest BCUT2D eigenvalue weighted by Gasteiger charge is -2.19. The predicted octanol–water partition coefficient (Wildman–Crippen LogP) is 2.77. The third kappa shape index (κ3) is 3.77. The number of nitrogens with zero attached hydrogens (tertiary/aromatic N) is 1. The van der Waals surface area contributed by atoms with Crippen LogP contribution in [0.3, 0.4) is 0 Å². The highest BCUT2D eigenvalue weighted by Gasteiger charge is 2.04. The predicted molar refractivity (Wildman–Crippen MR) is 70.3 cm³/mol. The van der Waals surface area contributed by atoms with Gasteiger partial charge in [0.05, 0.1) is 17.3 Å². The van der Waals surface area contributed by atoms with Crippen LogP contribution < -0.4 is 5.73 Å². The second kappa shape index (κ2) is 6.42. The molecular formula is C13H17ClN2. The molecule has 0 amide bonds. The van der Waals surface area contributed by atoms with Crippen LogP contribution in [0.4, 0.5) is 5.69 Å². The van der Waals surface area contributed by atoms with Gasteiger partial charge in [0.1, 0.15) is 0 Å². The molecule has 1 rings (SSSR count). The zero-order valence-electron chi connectivity index (χ0n) is 9.54. The highest BCUT2D eigenvalue weighted by Crippen LogP contribution is 2.20. The lowest BCUT2D eigenvalue weighted by molar-refractivity contribution is 0.300. The van der Waals surface area contributed by atoms with E-state index in [1.807, 2.05) is 18.2 Å². The number of hydrogen-bond acceptors (Lipinski definition) is 2. The molecule has 0 spiro atoms. The average molecular weight is 237 g/mol. The van der Waals surface area contributed by atoms with Crippen LogP contribution in [0, 0.1) is 12.3 Å². The van der Waals surface area contributed by atoms with E-state index in [0.717, 1.165) is 25.1 Å². The quantitative estimate of drug-likeness (QED) is 0.629. The highest BCUT2D eigenvalue weighted by atomic mass is 35.5. The van der Waals surface area contributed by atoms with Crippen molar-refractivity contribution in [2.45, 2.75) is 19.9 Å². The maximum absolute atomic E-state index is 5.87. The first-order chi connectivity index (χ1) is 7.67. The third-order valence-electron chi connectivity index (χ3n) is 2.32. The van der Waals surface area contributed by atoms with Crippen molar-refractivity contribution in [3.05, 3.63) is 28.8 Å². The molecule has 16 heavy (non-hydrogen) atoms. The normalized spacial score (nSPS) is 10.4. The molecule has 3 heteroatoms. The maximum Gasteiger partial charge on any atom is 0.0635 e. The molecule has 0 aliphatic rings. The summed E-state index contributed by atoms with van der Waals surface area (Å²) in [4.78, 5) is 2.21. The number of rotatable bonds is 5. The van der Waals surface area contributed by atoms with Crippen molar-refractivity contribution in [1.82, 2.24) is 4.90 Å². The Morgan fingerprint density at radius 3 is 2.81 bits per heavy atom. The van der Waals surface area contributed by atoms with Gasteiger partial charge in [-0.2, -0.15) is 0 Å². The Kier molecular flexibility index (Phi) is 5.18. The Balaban J connectivity index is 2.69. The molecule has 0 aromatic heterocycles. The molecule has 0 fully saturated rings. The van der Waals surface area contributed by atoms with E-state index < -0.39 is 0 Å². The van der Waals surface area contributed by atoms with E-state index in [4.69, 9.17) is 23.8 Å². The number of anilines is 1. The molecule has 0 unspecified atom stereocenters. The smallest absolute Gasteiger partial charge is 0.0635 e. The first kappa shape index (κ1) is 12.9. The Bertz CT molecular complexity index is 382. The molecule has 0 atom stereocenters. The zero-order chi connectivity index (χ0) is 12.0. The minimum absolute atomic E-state index is 0.600. The molecule has 0 bridgehead atoms. The van der Waals surface area contributed by atoms with Crippen molar-refractivity contribution in [1.29, 1.82) is 0 Å². The minimum Gasteiger partial charge on any atom is -0.398 e. The summed E-state index contributed by atoms with van der Waals surface area (Å²) >= 11 is 5.87. The summed E-state index contributed by atoms with van der Waals surface area (Å²) in [5.74, 6) is 2.67. The van der Waals surface area contributed by atoms with Crippen molar-refractivity contribution in [3.63, 3.8) is 0 Å². The van der Waals surface area contributed by atoms with Crippen LogP contribution in [-0.4, -0.2) is 18.0 Å². The van der Waals surface area contributed by atoms with Gasteiger partial charge >= 0.3 is 0 Å². The van der Waals surface area contributed by atoms with Gasteiger partial charge in [-0.05, 0) is 30.7 Å². The van der Waals surface area contributed by atoms with E-state index in [2.05, 4.69) is 17.7 Å². The van der Waals surface area contributed by atoms with Crippen LogP contribution >= 0.6 is 11.6 Å². The number of halogens is 1. The van der Waals surface area contributed by atoms with E-state index in [1.54, 1.807) is 0 Å². The number of nitrogen functional groups attached to an aromatic ring is 1. The van der Waals surface area contributed by atoms with Crippen molar-refractivity contribution in [2.75, 3.05) is 18.8 Å². The second-order valence-electron chi connectivity index (χ2n) is 3.77. The van der Waals surface area contributed by atoms with Gasteiger partial charge in [0.25, 0.3) is 0 Å². The summed E-state index contributed by atoms with van der Waals surface area (Å²) in [5, 5.41) is 0.600. The first-order valence-electron chi connectivity index (χ1n) is 5.37. The van der Waals surface area contributed by atoms with Crippen molar-refractivity contribution in [2.24, 2.45) is 0 Å². The number of nitrogens with two attached hydrogens (primary N) is 1. The summed E-state index contributed by atoms with van der Waals surface area (Å²) < 4.78 is 0. The van der Waals surface area contributed by atoms with Crippen LogP contribution in [0.5, 0.6) is 0 Å². The van der Waals surface area contributed by atoms with E-state index in [0.29, 0.717) is 17.3 Å². The van der Waals surface area contributed by atoms with Crippen molar-refractivity contribution >= 4 is 17.3 Å². The summed E-state index contributed by atoms with van der Waals surface area (Å²) in [5.41, 5.74) is 7.52. The van der Waals surface area contributed by atoms with Gasteiger partial charge in [-0.3, -0.25) is 4.90 Å². The van der Waals surface area contributed by atoms with Crippen LogP contribution in [0.1, 0.15) is 18.9 Å². The second-order valence-corrected chi connectivity index (χ2v) is 4.18. The summed E-state index contributed by atoms with van der Waals surface area (Å²) in [6, 6.07) is 5.71. The van der Waals surface area contributed by atoms with Crippen molar-refractivity contribution < 1.29 is 0 Å². The molecule has 2 N–H and O–H groups in total. The van der Waals surface area contributed by atoms with E-state index >= 15 is 0 Å². The van der Waals surface area contributed by atoms with Crippen LogP contribution in [0.25, 0.3) is 0 Å². The molecule has 2 nitrogen and oxygen atoms in total. The fourth-order valence-electron chi connectivity index (χ4n) is 1.61. The zero-order valence-corrected chi connectivity index (χ0v) is 10.3. The molecule has 0 aliphatic heterocycles. The molecule has 0 aliphatic carbocycles. The average Bonchev–Trinajstić information content (AvgIpc) is 2.24. The molecule has 0 radical (unpaired) electrons. The van der Waals surface area contributed by atoms with E-state index in [-0.39, 0.29) is 0 Å². The van der Waals surface area contributed by atoms with Crippen LogP contribution in [0.15, 0.2) is 18.2 Å². The summed E-state index contributed by atoms with van der Waals surface area (Å²) in [7, 11) is 0. The molecule has 1 aromatic carbocycles. The van der Waals surface area contributed by atoms with Gasteiger partial charge in [0.2, 0.25) is 0 Å². The lowest BCUT2D eigenvalue weighted by Crippen LogP contribution is -2.24. The summed E-state index contributed by atoms with van der Waals surface area (Å²) in [6.07, 6.45) is 6.42. The fourth-order valence-corrected chi connectivity index (χ4v) is 1.73. The molecule has 0 saturated heterocycles. The van der Waals surface area contributed by atoms with Gasteiger partial charge < -0.3 is 5.73 Å². The van der Waals surface area contributed by atoms with Gasteiger partial charge in [0.15, 0.2) is 0 Å². The van der Waals surface area contributed by atoms with Gasteiger partial charge in [-0.1, -0.05) is 30.5 Å². The molecule has 0 saturated carbocycles. The third-order valence-corrected chi connectivity index (χ3v) is 2.67. The topological polar surface area (TPSA) is 29.3 Å². The lowest BCUT2D eigenvalue weighted by atomic mass is 10.2. The molecule has 86 valence electrons. The molecule has 1 aromatic rings. The van der Waals surface area contributed by atoms with Gasteiger partial charge in [-0.15, -0.1) is 6.42 Å². The van der Waals surface area contributed by atoms with Crippen LogP contribution in [0.2, 0.25) is 5.02 Å². The minimum atomic E-state index is 0.600. The Labute approximate surface area is 102 Å². The standard InChI is InChI=1S/C13H17ClN2/c1-3-7-16(8-4-2)10-11-5-6-12(14)13(15)9-11/h1,5-6,9H,4,7-8,10,15H2,2H3. The Hall–Kier alpha value is -1.17. The Morgan fingerprint density at radius 1 is 1.50 bits per heavy atom. The Morgan fingerprint density at radius 2 is 2.25 bits per heavy atom. The largest absolute Gasteiger partial charge is 0.398 e. The maximum atomic E-state index is 5.87. The number of terminal acetylenes is 1. The fraction of sp³-hybridized carbons (Fsp3) is 0.385. The molecular weight excluding hydrogens is 220 g/mol.